The molecule has 0 saturated heterocycles. The smallest absolute Gasteiger partial charge is 0.329 e. The highest BCUT2D eigenvalue weighted by Gasteiger charge is 2.36. The summed E-state index contributed by atoms with van der Waals surface area (Å²) in [7, 11) is 0. The molecular formula is C19H23N3O3. The minimum atomic E-state index is -1.28. The summed E-state index contributed by atoms with van der Waals surface area (Å²) in [6.45, 7) is 3.44. The predicted molar refractivity (Wildman–Crippen MR) is 94.0 cm³/mol. The number of nitrogens with zero attached hydrogens (tertiary/aromatic N) is 2. The van der Waals surface area contributed by atoms with E-state index in [1.54, 1.807) is 6.92 Å². The molecule has 1 amide bonds. The Labute approximate surface area is 146 Å². The zero-order chi connectivity index (χ0) is 18.0. The van der Waals surface area contributed by atoms with Crippen LogP contribution in [0.1, 0.15) is 54.9 Å². The second kappa shape index (κ2) is 6.70. The van der Waals surface area contributed by atoms with Crippen molar-refractivity contribution >= 4 is 11.9 Å². The van der Waals surface area contributed by atoms with Gasteiger partial charge in [0.2, 0.25) is 0 Å². The van der Waals surface area contributed by atoms with E-state index in [2.05, 4.69) is 10.4 Å². The summed E-state index contributed by atoms with van der Waals surface area (Å²) in [4.78, 5) is 24.4. The summed E-state index contributed by atoms with van der Waals surface area (Å²) in [5.41, 5.74) is 1.96. The lowest BCUT2D eigenvalue weighted by molar-refractivity contribution is -0.144. The van der Waals surface area contributed by atoms with Gasteiger partial charge in [-0.2, -0.15) is 5.10 Å². The number of nitrogens with one attached hydrogen (secondary N) is 1. The van der Waals surface area contributed by atoms with Crippen molar-refractivity contribution in [1.82, 2.24) is 15.1 Å². The van der Waals surface area contributed by atoms with Crippen molar-refractivity contribution in [2.75, 3.05) is 0 Å². The summed E-state index contributed by atoms with van der Waals surface area (Å²) in [5.74, 6) is -1.44. The number of fused-ring (bicyclic) bond motifs is 1. The molecule has 132 valence electrons. The second-order valence-corrected chi connectivity index (χ2v) is 6.72. The van der Waals surface area contributed by atoms with E-state index < -0.39 is 17.4 Å². The van der Waals surface area contributed by atoms with Crippen molar-refractivity contribution in [3.8, 4) is 5.69 Å². The third-order valence-corrected chi connectivity index (χ3v) is 4.76. The van der Waals surface area contributed by atoms with Gasteiger partial charge < -0.3 is 10.4 Å². The van der Waals surface area contributed by atoms with E-state index in [4.69, 9.17) is 0 Å². The van der Waals surface area contributed by atoms with Gasteiger partial charge in [0.25, 0.3) is 5.91 Å². The normalized spacial score (nSPS) is 15.4. The van der Waals surface area contributed by atoms with Gasteiger partial charge in [0.15, 0.2) is 5.69 Å². The van der Waals surface area contributed by atoms with Crippen LogP contribution < -0.4 is 5.32 Å². The molecular weight excluding hydrogens is 318 g/mol. The van der Waals surface area contributed by atoms with Gasteiger partial charge in [-0.3, -0.25) is 4.79 Å². The van der Waals surface area contributed by atoms with Crippen LogP contribution in [0, 0.1) is 0 Å². The third kappa shape index (κ3) is 3.16. The quantitative estimate of drug-likeness (QED) is 0.846. The van der Waals surface area contributed by atoms with Gasteiger partial charge in [0.1, 0.15) is 5.54 Å². The van der Waals surface area contributed by atoms with Crippen LogP contribution in [0.3, 0.4) is 0 Å². The zero-order valence-electron chi connectivity index (χ0n) is 14.6. The van der Waals surface area contributed by atoms with Gasteiger partial charge in [-0.05, 0) is 44.7 Å². The molecule has 0 radical (unpaired) electrons. The lowest BCUT2D eigenvalue weighted by Crippen LogP contribution is -2.52. The highest BCUT2D eigenvalue weighted by atomic mass is 16.4. The maximum atomic E-state index is 12.8. The molecule has 1 heterocycles. The summed E-state index contributed by atoms with van der Waals surface area (Å²) < 4.78 is 1.81. The number of amides is 1. The fraction of sp³-hybridized carbons (Fsp3) is 0.421. The number of rotatable bonds is 6. The number of hydrogen-bond acceptors (Lipinski definition) is 3. The zero-order valence-corrected chi connectivity index (χ0v) is 14.6. The van der Waals surface area contributed by atoms with Crippen LogP contribution in [-0.2, 0) is 17.6 Å². The number of benzene rings is 1. The van der Waals surface area contributed by atoms with E-state index in [1.165, 1.54) is 0 Å². The average molecular weight is 341 g/mol. The molecule has 1 aliphatic carbocycles. The average Bonchev–Trinajstić information content (AvgIpc) is 3.17. The van der Waals surface area contributed by atoms with Crippen LogP contribution in [0.4, 0.5) is 0 Å². The molecule has 0 fully saturated rings. The van der Waals surface area contributed by atoms with Crippen molar-refractivity contribution in [2.45, 2.75) is 51.5 Å². The van der Waals surface area contributed by atoms with Gasteiger partial charge in [-0.25, -0.2) is 9.48 Å². The highest BCUT2D eigenvalue weighted by Crippen LogP contribution is 2.28. The Hall–Kier alpha value is -2.63. The molecule has 0 saturated carbocycles. The van der Waals surface area contributed by atoms with Crippen molar-refractivity contribution < 1.29 is 14.7 Å². The highest BCUT2D eigenvalue weighted by molar-refractivity contribution is 5.97. The number of carboxylic acid groups (broad SMARTS) is 1. The Morgan fingerprint density at radius 2 is 2.00 bits per heavy atom. The van der Waals surface area contributed by atoms with Crippen molar-refractivity contribution in [3.05, 3.63) is 47.3 Å². The number of hydrogen-bond donors (Lipinski definition) is 2. The SMILES string of the molecule is CCCC(C)(NC(=O)c1nn(-c2ccccc2)c2c1CCC2)C(=O)O. The number of carbonyl (C=O) groups is 2. The summed E-state index contributed by atoms with van der Waals surface area (Å²) >= 11 is 0. The number of aliphatic carboxylic acids is 1. The van der Waals surface area contributed by atoms with Gasteiger partial charge in [0, 0.05) is 11.3 Å². The minimum Gasteiger partial charge on any atom is -0.480 e. The molecule has 1 aromatic heterocycles. The van der Waals surface area contributed by atoms with E-state index in [1.807, 2.05) is 41.9 Å². The lowest BCUT2D eigenvalue weighted by atomic mass is 9.96. The molecule has 1 atom stereocenters. The van der Waals surface area contributed by atoms with Gasteiger partial charge >= 0.3 is 5.97 Å². The number of aromatic nitrogens is 2. The van der Waals surface area contributed by atoms with E-state index in [0.29, 0.717) is 18.5 Å². The Balaban J connectivity index is 1.95. The predicted octanol–water partition coefficient (Wildman–Crippen LogP) is 2.73. The first-order valence-corrected chi connectivity index (χ1v) is 8.68. The summed E-state index contributed by atoms with van der Waals surface area (Å²) in [5, 5.41) is 16.7. The summed E-state index contributed by atoms with van der Waals surface area (Å²) in [6.07, 6.45) is 3.68. The van der Waals surface area contributed by atoms with Crippen LogP contribution in [0.25, 0.3) is 5.69 Å². The monoisotopic (exact) mass is 341 g/mol. The van der Waals surface area contributed by atoms with Crippen LogP contribution >= 0.6 is 0 Å². The first-order chi connectivity index (χ1) is 12.0. The molecule has 1 unspecified atom stereocenters. The van der Waals surface area contributed by atoms with Crippen LogP contribution in [0.5, 0.6) is 0 Å². The maximum Gasteiger partial charge on any atom is 0.329 e. The molecule has 0 spiro atoms. The van der Waals surface area contributed by atoms with E-state index in [9.17, 15) is 14.7 Å². The second-order valence-electron chi connectivity index (χ2n) is 6.72. The first kappa shape index (κ1) is 17.2. The van der Waals surface area contributed by atoms with Gasteiger partial charge in [-0.15, -0.1) is 0 Å². The fourth-order valence-electron chi connectivity index (χ4n) is 3.44. The minimum absolute atomic E-state index is 0.347. The van der Waals surface area contributed by atoms with Crippen molar-refractivity contribution in [2.24, 2.45) is 0 Å². The molecule has 2 N–H and O–H groups in total. The fourth-order valence-corrected chi connectivity index (χ4v) is 3.44. The number of carbonyl (C=O) groups excluding carboxylic acids is 1. The maximum absolute atomic E-state index is 12.8. The summed E-state index contributed by atoms with van der Waals surface area (Å²) in [6, 6.07) is 9.70. The van der Waals surface area contributed by atoms with E-state index in [-0.39, 0.29) is 0 Å². The number of para-hydroxylation sites is 1. The Morgan fingerprint density at radius 3 is 2.64 bits per heavy atom. The van der Waals surface area contributed by atoms with E-state index in [0.717, 1.165) is 36.2 Å². The van der Waals surface area contributed by atoms with Crippen LogP contribution in [-0.4, -0.2) is 32.3 Å². The van der Waals surface area contributed by atoms with E-state index >= 15 is 0 Å². The largest absolute Gasteiger partial charge is 0.480 e. The molecule has 6 heteroatoms. The standard InChI is InChI=1S/C19H23N3O3/c1-3-12-19(2,18(24)25)20-17(23)16-14-10-7-11-15(14)22(21-16)13-8-5-4-6-9-13/h4-6,8-9H,3,7,10-12H2,1-2H3,(H,20,23)(H,24,25). The number of carboxylic acids is 1. The Morgan fingerprint density at radius 1 is 1.28 bits per heavy atom. The molecule has 6 nitrogen and oxygen atoms in total. The molecule has 0 aliphatic heterocycles. The van der Waals surface area contributed by atoms with Crippen molar-refractivity contribution in [1.29, 1.82) is 0 Å². The van der Waals surface area contributed by atoms with Crippen LogP contribution in [0.2, 0.25) is 0 Å². The first-order valence-electron chi connectivity index (χ1n) is 8.68. The topological polar surface area (TPSA) is 84.2 Å². The van der Waals surface area contributed by atoms with Gasteiger partial charge in [0.05, 0.1) is 5.69 Å². The van der Waals surface area contributed by atoms with Crippen molar-refractivity contribution in [3.63, 3.8) is 0 Å². The third-order valence-electron chi connectivity index (χ3n) is 4.76. The molecule has 0 bridgehead atoms. The van der Waals surface area contributed by atoms with Gasteiger partial charge in [-0.1, -0.05) is 31.5 Å². The molecule has 1 aliphatic rings. The Kier molecular flexibility index (Phi) is 4.61. The molecule has 3 rings (SSSR count). The Bertz CT molecular complexity index is 798. The molecule has 2 aromatic rings. The molecule has 25 heavy (non-hydrogen) atoms. The van der Waals surface area contributed by atoms with Crippen LogP contribution in [0.15, 0.2) is 30.3 Å². The molecule has 1 aromatic carbocycles. The lowest BCUT2D eigenvalue weighted by Gasteiger charge is -2.25.